The Morgan fingerprint density at radius 2 is 1.95 bits per heavy atom. The maximum Gasteiger partial charge on any atom is 0.160 e. The van der Waals surface area contributed by atoms with Crippen molar-refractivity contribution in [3.63, 3.8) is 0 Å². The van der Waals surface area contributed by atoms with E-state index >= 15 is 0 Å². The van der Waals surface area contributed by atoms with Gasteiger partial charge in [0.1, 0.15) is 0 Å². The van der Waals surface area contributed by atoms with E-state index in [-0.39, 0.29) is 0 Å². The van der Waals surface area contributed by atoms with E-state index in [1.54, 1.807) is 7.11 Å². The van der Waals surface area contributed by atoms with E-state index < -0.39 is 0 Å². The van der Waals surface area contributed by atoms with Crippen LogP contribution in [-0.2, 0) is 6.42 Å². The molecular formula is C17H24ClNO. The Balaban J connectivity index is 1.87. The first-order chi connectivity index (χ1) is 9.70. The number of hydrogen-bond acceptors (Lipinski definition) is 2. The normalized spacial score (nSPS) is 23.1. The van der Waals surface area contributed by atoms with Gasteiger partial charge in [-0.1, -0.05) is 43.7 Å². The fraction of sp³-hybridized carbons (Fsp3) is 0.647. The highest BCUT2D eigenvalue weighted by molar-refractivity contribution is 6.32. The largest absolute Gasteiger partial charge is 0.493 e. The SMILES string of the molecule is COc1c(Cl)cc(C)c2c1NCC(C1CCCCC1)C2. The van der Waals surface area contributed by atoms with Gasteiger partial charge in [-0.15, -0.1) is 0 Å². The summed E-state index contributed by atoms with van der Waals surface area (Å²) in [6.07, 6.45) is 8.24. The summed E-state index contributed by atoms with van der Waals surface area (Å²) in [6, 6.07) is 2.05. The van der Waals surface area contributed by atoms with Crippen molar-refractivity contribution in [2.75, 3.05) is 19.0 Å². The van der Waals surface area contributed by atoms with Crippen molar-refractivity contribution >= 4 is 17.3 Å². The number of methoxy groups -OCH3 is 1. The second-order valence-corrected chi connectivity index (χ2v) is 6.71. The fourth-order valence-corrected chi connectivity index (χ4v) is 4.29. The molecule has 0 radical (unpaired) electrons. The van der Waals surface area contributed by atoms with Crippen LogP contribution in [0.1, 0.15) is 43.2 Å². The van der Waals surface area contributed by atoms with Gasteiger partial charge < -0.3 is 10.1 Å². The van der Waals surface area contributed by atoms with Gasteiger partial charge in [-0.2, -0.15) is 0 Å². The smallest absolute Gasteiger partial charge is 0.160 e. The first-order valence-corrected chi connectivity index (χ1v) is 8.18. The van der Waals surface area contributed by atoms with Gasteiger partial charge in [-0.25, -0.2) is 0 Å². The monoisotopic (exact) mass is 293 g/mol. The Kier molecular flexibility index (Phi) is 4.11. The van der Waals surface area contributed by atoms with Gasteiger partial charge in [0.2, 0.25) is 0 Å². The number of nitrogens with one attached hydrogen (secondary N) is 1. The first kappa shape index (κ1) is 14.1. The predicted octanol–water partition coefficient (Wildman–Crippen LogP) is 4.82. The minimum Gasteiger partial charge on any atom is -0.493 e. The molecule has 3 heteroatoms. The lowest BCUT2D eigenvalue weighted by Crippen LogP contribution is -2.31. The second kappa shape index (κ2) is 5.85. The minimum absolute atomic E-state index is 0.715. The van der Waals surface area contributed by atoms with Gasteiger partial charge >= 0.3 is 0 Å². The summed E-state index contributed by atoms with van der Waals surface area (Å²) in [5.74, 6) is 2.48. The van der Waals surface area contributed by atoms with Crippen LogP contribution in [0, 0.1) is 18.8 Å². The number of ether oxygens (including phenoxy) is 1. The summed E-state index contributed by atoms with van der Waals surface area (Å²) in [5.41, 5.74) is 3.83. The highest BCUT2D eigenvalue weighted by Crippen LogP contribution is 2.43. The summed E-state index contributed by atoms with van der Waals surface area (Å²) in [7, 11) is 1.70. The molecule has 1 N–H and O–H groups in total. The van der Waals surface area contributed by atoms with E-state index in [4.69, 9.17) is 16.3 Å². The predicted molar refractivity (Wildman–Crippen MR) is 85.0 cm³/mol. The van der Waals surface area contributed by atoms with Crippen LogP contribution in [-0.4, -0.2) is 13.7 Å². The van der Waals surface area contributed by atoms with Gasteiger partial charge in [0.25, 0.3) is 0 Å². The molecule has 1 aliphatic carbocycles. The van der Waals surface area contributed by atoms with Crippen LogP contribution in [0.5, 0.6) is 5.75 Å². The van der Waals surface area contributed by atoms with Crippen LogP contribution in [0.2, 0.25) is 5.02 Å². The highest BCUT2D eigenvalue weighted by Gasteiger charge is 2.30. The van der Waals surface area contributed by atoms with Gasteiger partial charge in [0, 0.05) is 6.54 Å². The van der Waals surface area contributed by atoms with Crippen molar-refractivity contribution in [3.05, 3.63) is 22.2 Å². The van der Waals surface area contributed by atoms with Gasteiger partial charge in [-0.3, -0.25) is 0 Å². The molecule has 1 aromatic carbocycles. The van der Waals surface area contributed by atoms with Crippen molar-refractivity contribution < 1.29 is 4.74 Å². The Labute approximate surface area is 126 Å². The molecule has 110 valence electrons. The third kappa shape index (κ3) is 2.50. The standard InChI is InChI=1S/C17H24ClNO/c1-11-8-15(18)17(20-2)16-14(11)9-13(10-19-16)12-6-4-3-5-7-12/h8,12-13,19H,3-7,9-10H2,1-2H3. The zero-order chi connectivity index (χ0) is 14.1. The molecule has 1 atom stereocenters. The molecule has 1 aliphatic heterocycles. The summed E-state index contributed by atoms with van der Waals surface area (Å²) < 4.78 is 5.48. The minimum atomic E-state index is 0.715. The summed E-state index contributed by atoms with van der Waals surface area (Å²) in [4.78, 5) is 0. The number of halogens is 1. The van der Waals surface area contributed by atoms with Gasteiger partial charge in [-0.05, 0) is 42.4 Å². The Bertz CT molecular complexity index is 494. The topological polar surface area (TPSA) is 21.3 Å². The molecule has 0 spiro atoms. The lowest BCUT2D eigenvalue weighted by molar-refractivity contribution is 0.251. The molecular weight excluding hydrogens is 270 g/mol. The van der Waals surface area contributed by atoms with Crippen LogP contribution >= 0.6 is 11.6 Å². The average Bonchev–Trinajstić information content (AvgIpc) is 2.48. The number of fused-ring (bicyclic) bond motifs is 1. The number of anilines is 1. The van der Waals surface area contributed by atoms with E-state index in [1.165, 1.54) is 49.7 Å². The van der Waals surface area contributed by atoms with Crippen molar-refractivity contribution in [3.8, 4) is 5.75 Å². The summed E-state index contributed by atoms with van der Waals surface area (Å²) >= 11 is 6.29. The zero-order valence-corrected chi connectivity index (χ0v) is 13.2. The molecule has 0 aromatic heterocycles. The molecule has 2 aliphatic rings. The van der Waals surface area contributed by atoms with Crippen LogP contribution < -0.4 is 10.1 Å². The molecule has 1 unspecified atom stereocenters. The van der Waals surface area contributed by atoms with E-state index in [0.29, 0.717) is 5.02 Å². The van der Waals surface area contributed by atoms with Gasteiger partial charge in [0.05, 0.1) is 17.8 Å². The molecule has 0 saturated heterocycles. The molecule has 20 heavy (non-hydrogen) atoms. The number of aryl methyl sites for hydroxylation is 1. The number of benzene rings is 1. The Morgan fingerprint density at radius 1 is 1.20 bits per heavy atom. The second-order valence-electron chi connectivity index (χ2n) is 6.31. The van der Waals surface area contributed by atoms with Gasteiger partial charge in [0.15, 0.2) is 5.75 Å². The molecule has 0 bridgehead atoms. The van der Waals surface area contributed by atoms with Crippen LogP contribution in [0.15, 0.2) is 6.07 Å². The van der Waals surface area contributed by atoms with Crippen molar-refractivity contribution in [1.82, 2.24) is 0 Å². The third-order valence-electron chi connectivity index (χ3n) is 5.09. The average molecular weight is 294 g/mol. The molecule has 2 nitrogen and oxygen atoms in total. The first-order valence-electron chi connectivity index (χ1n) is 7.80. The lowest BCUT2D eigenvalue weighted by atomic mass is 9.75. The van der Waals surface area contributed by atoms with Crippen molar-refractivity contribution in [1.29, 1.82) is 0 Å². The number of rotatable bonds is 2. The lowest BCUT2D eigenvalue weighted by Gasteiger charge is -2.36. The highest BCUT2D eigenvalue weighted by atomic mass is 35.5. The number of hydrogen-bond donors (Lipinski definition) is 1. The van der Waals surface area contributed by atoms with Crippen LogP contribution in [0.3, 0.4) is 0 Å². The van der Waals surface area contributed by atoms with E-state index in [0.717, 1.165) is 29.8 Å². The third-order valence-corrected chi connectivity index (χ3v) is 5.37. The molecule has 0 amide bonds. The maximum absolute atomic E-state index is 6.29. The van der Waals surface area contributed by atoms with Crippen LogP contribution in [0.4, 0.5) is 5.69 Å². The van der Waals surface area contributed by atoms with Crippen molar-refractivity contribution in [2.24, 2.45) is 11.8 Å². The van der Waals surface area contributed by atoms with E-state index in [2.05, 4.69) is 12.2 Å². The Hall–Kier alpha value is -0.890. The summed E-state index contributed by atoms with van der Waals surface area (Å²) in [5, 5.41) is 4.32. The Morgan fingerprint density at radius 3 is 2.65 bits per heavy atom. The maximum atomic E-state index is 6.29. The quantitative estimate of drug-likeness (QED) is 0.844. The molecule has 1 heterocycles. The summed E-state index contributed by atoms with van der Waals surface area (Å²) in [6.45, 7) is 3.23. The zero-order valence-electron chi connectivity index (χ0n) is 12.5. The molecule has 1 aromatic rings. The molecule has 3 rings (SSSR count). The molecule has 1 saturated carbocycles. The van der Waals surface area contributed by atoms with E-state index in [9.17, 15) is 0 Å². The van der Waals surface area contributed by atoms with Crippen LogP contribution in [0.25, 0.3) is 0 Å². The van der Waals surface area contributed by atoms with E-state index in [1.807, 2.05) is 6.07 Å². The fourth-order valence-electron chi connectivity index (χ4n) is 3.95. The van der Waals surface area contributed by atoms with Crippen molar-refractivity contribution in [2.45, 2.75) is 45.4 Å². The molecule has 1 fully saturated rings.